The monoisotopic (exact) mass is 649 g/mol. The number of nitrogens with zero attached hydrogens (tertiary/aromatic N) is 1. The standard InChI is InChI=1S/C50H35N/c1-2-15-37(16-3-1)47-27-8-9-28-49(47)42-21-11-24-45(34-42)51(44-23-10-20-40(33-44)41-31-30-36-14-4-5-18-39(36)32-41)46-25-12-22-43(35-46)50-29-13-19-38-17-6-7-26-48(38)50/h1-35H. The molecule has 0 atom stereocenters. The minimum Gasteiger partial charge on any atom is -0.310 e. The smallest absolute Gasteiger partial charge is 0.0467 e. The van der Waals surface area contributed by atoms with Gasteiger partial charge in [0.05, 0.1) is 0 Å². The van der Waals surface area contributed by atoms with Gasteiger partial charge in [-0.05, 0) is 109 Å². The number of hydrogen-bond acceptors (Lipinski definition) is 1. The summed E-state index contributed by atoms with van der Waals surface area (Å²) in [5.41, 5.74) is 12.9. The van der Waals surface area contributed by atoms with Crippen LogP contribution in [-0.2, 0) is 0 Å². The largest absolute Gasteiger partial charge is 0.310 e. The molecule has 0 saturated carbocycles. The van der Waals surface area contributed by atoms with Crippen LogP contribution in [0.1, 0.15) is 0 Å². The maximum Gasteiger partial charge on any atom is 0.0467 e. The number of anilines is 3. The van der Waals surface area contributed by atoms with Gasteiger partial charge in [0.2, 0.25) is 0 Å². The Morgan fingerprint density at radius 3 is 1.41 bits per heavy atom. The number of benzene rings is 9. The van der Waals surface area contributed by atoms with Crippen LogP contribution in [0.2, 0.25) is 0 Å². The zero-order chi connectivity index (χ0) is 34.0. The van der Waals surface area contributed by atoms with Crippen LogP contribution in [0.3, 0.4) is 0 Å². The van der Waals surface area contributed by atoms with E-state index in [4.69, 9.17) is 0 Å². The molecule has 0 aliphatic heterocycles. The molecule has 0 saturated heterocycles. The highest BCUT2D eigenvalue weighted by Gasteiger charge is 2.17. The van der Waals surface area contributed by atoms with Crippen molar-refractivity contribution in [2.24, 2.45) is 0 Å². The third-order valence-corrected chi connectivity index (χ3v) is 9.82. The van der Waals surface area contributed by atoms with E-state index in [0.29, 0.717) is 0 Å². The van der Waals surface area contributed by atoms with Crippen molar-refractivity contribution in [2.45, 2.75) is 0 Å². The predicted molar refractivity (Wildman–Crippen MR) is 218 cm³/mol. The SMILES string of the molecule is c1ccc(-c2ccccc2-c2cccc(N(c3cccc(-c4ccc5ccccc5c4)c3)c3cccc(-c4cccc5ccccc45)c3)c2)cc1. The normalized spacial score (nSPS) is 11.1. The highest BCUT2D eigenvalue weighted by molar-refractivity contribution is 5.98. The first kappa shape index (κ1) is 30.4. The molecule has 0 N–H and O–H groups in total. The molecule has 0 radical (unpaired) electrons. The van der Waals surface area contributed by atoms with Crippen molar-refractivity contribution in [3.63, 3.8) is 0 Å². The average molecular weight is 650 g/mol. The lowest BCUT2D eigenvalue weighted by molar-refractivity contribution is 1.28. The lowest BCUT2D eigenvalue weighted by atomic mass is 9.94. The van der Waals surface area contributed by atoms with Crippen LogP contribution < -0.4 is 4.90 Å². The van der Waals surface area contributed by atoms with Gasteiger partial charge in [0, 0.05) is 17.1 Å². The third-order valence-electron chi connectivity index (χ3n) is 9.82. The highest BCUT2D eigenvalue weighted by Crippen LogP contribution is 2.41. The Bertz CT molecular complexity index is 2650. The quantitative estimate of drug-likeness (QED) is 0.166. The minimum atomic E-state index is 1.10. The van der Waals surface area contributed by atoms with E-state index < -0.39 is 0 Å². The topological polar surface area (TPSA) is 3.24 Å². The molecule has 0 aromatic heterocycles. The van der Waals surface area contributed by atoms with Crippen molar-refractivity contribution in [1.29, 1.82) is 0 Å². The maximum atomic E-state index is 2.40. The predicted octanol–water partition coefficient (Wildman–Crippen LogP) is 14.1. The van der Waals surface area contributed by atoms with E-state index in [1.54, 1.807) is 0 Å². The van der Waals surface area contributed by atoms with Gasteiger partial charge in [-0.1, -0.05) is 170 Å². The number of rotatable bonds is 7. The van der Waals surface area contributed by atoms with E-state index in [2.05, 4.69) is 217 Å². The summed E-state index contributed by atoms with van der Waals surface area (Å²) in [6.07, 6.45) is 0. The second-order valence-corrected chi connectivity index (χ2v) is 13.0. The summed E-state index contributed by atoms with van der Waals surface area (Å²) in [6, 6.07) is 76.7. The highest BCUT2D eigenvalue weighted by atomic mass is 15.1. The first-order valence-electron chi connectivity index (χ1n) is 17.5. The molecule has 0 fully saturated rings. The van der Waals surface area contributed by atoms with Crippen molar-refractivity contribution < 1.29 is 0 Å². The minimum absolute atomic E-state index is 1.10. The zero-order valence-corrected chi connectivity index (χ0v) is 28.2. The number of hydrogen-bond donors (Lipinski definition) is 0. The molecule has 0 spiro atoms. The first-order chi connectivity index (χ1) is 25.3. The van der Waals surface area contributed by atoms with Gasteiger partial charge in [-0.2, -0.15) is 0 Å². The van der Waals surface area contributed by atoms with Crippen LogP contribution in [0.25, 0.3) is 66.1 Å². The van der Waals surface area contributed by atoms with Gasteiger partial charge >= 0.3 is 0 Å². The summed E-state index contributed by atoms with van der Waals surface area (Å²) in [6.45, 7) is 0. The van der Waals surface area contributed by atoms with E-state index in [0.717, 1.165) is 17.1 Å². The van der Waals surface area contributed by atoms with Crippen molar-refractivity contribution >= 4 is 38.6 Å². The Balaban J connectivity index is 1.21. The van der Waals surface area contributed by atoms with Crippen LogP contribution >= 0.6 is 0 Å². The summed E-state index contributed by atoms with van der Waals surface area (Å²) < 4.78 is 0. The molecular formula is C50H35N. The molecule has 0 heterocycles. The van der Waals surface area contributed by atoms with Gasteiger partial charge in [0.25, 0.3) is 0 Å². The van der Waals surface area contributed by atoms with Gasteiger partial charge < -0.3 is 4.90 Å². The molecule has 51 heavy (non-hydrogen) atoms. The van der Waals surface area contributed by atoms with Crippen molar-refractivity contribution in [3.05, 3.63) is 212 Å². The Morgan fingerprint density at radius 1 is 0.235 bits per heavy atom. The van der Waals surface area contributed by atoms with Crippen molar-refractivity contribution in [3.8, 4) is 44.5 Å². The summed E-state index contributed by atoms with van der Waals surface area (Å²) >= 11 is 0. The number of fused-ring (bicyclic) bond motifs is 2. The maximum absolute atomic E-state index is 2.40. The lowest BCUT2D eigenvalue weighted by Gasteiger charge is -2.27. The summed E-state index contributed by atoms with van der Waals surface area (Å²) in [5, 5.41) is 4.98. The second kappa shape index (κ2) is 13.3. The fraction of sp³-hybridized carbons (Fsp3) is 0. The molecule has 1 nitrogen and oxygen atoms in total. The summed E-state index contributed by atoms with van der Waals surface area (Å²) in [7, 11) is 0. The van der Waals surface area contributed by atoms with E-state index in [1.807, 2.05) is 0 Å². The van der Waals surface area contributed by atoms with Crippen molar-refractivity contribution in [2.75, 3.05) is 4.90 Å². The van der Waals surface area contributed by atoms with Gasteiger partial charge in [0.15, 0.2) is 0 Å². The van der Waals surface area contributed by atoms with Crippen molar-refractivity contribution in [1.82, 2.24) is 0 Å². The van der Waals surface area contributed by atoms with E-state index in [9.17, 15) is 0 Å². The molecule has 0 unspecified atom stereocenters. The average Bonchev–Trinajstić information content (AvgIpc) is 3.21. The molecule has 9 aromatic carbocycles. The second-order valence-electron chi connectivity index (χ2n) is 13.0. The molecule has 0 aliphatic rings. The Hall–Kier alpha value is -6.70. The third kappa shape index (κ3) is 5.96. The van der Waals surface area contributed by atoms with Gasteiger partial charge in [-0.25, -0.2) is 0 Å². The zero-order valence-electron chi connectivity index (χ0n) is 28.2. The van der Waals surface area contributed by atoms with Gasteiger partial charge in [-0.3, -0.25) is 0 Å². The first-order valence-corrected chi connectivity index (χ1v) is 17.5. The molecule has 1 heteroatoms. The van der Waals surface area contributed by atoms with Crippen LogP contribution in [0.5, 0.6) is 0 Å². The van der Waals surface area contributed by atoms with E-state index in [1.165, 1.54) is 66.1 Å². The Labute approximate surface area is 299 Å². The lowest BCUT2D eigenvalue weighted by Crippen LogP contribution is -2.10. The van der Waals surface area contributed by atoms with E-state index in [-0.39, 0.29) is 0 Å². The van der Waals surface area contributed by atoms with Crippen LogP contribution in [0.4, 0.5) is 17.1 Å². The summed E-state index contributed by atoms with van der Waals surface area (Å²) in [5.74, 6) is 0. The molecule has 0 aliphatic carbocycles. The fourth-order valence-corrected chi connectivity index (χ4v) is 7.35. The molecule has 9 rings (SSSR count). The fourth-order valence-electron chi connectivity index (χ4n) is 7.35. The van der Waals surface area contributed by atoms with Crippen LogP contribution in [0, 0.1) is 0 Å². The van der Waals surface area contributed by atoms with Gasteiger partial charge in [-0.15, -0.1) is 0 Å². The van der Waals surface area contributed by atoms with Crippen LogP contribution in [-0.4, -0.2) is 0 Å². The molecule has 9 aromatic rings. The Kier molecular flexibility index (Phi) is 7.92. The molecule has 240 valence electrons. The van der Waals surface area contributed by atoms with E-state index >= 15 is 0 Å². The Morgan fingerprint density at radius 2 is 0.686 bits per heavy atom. The molecule has 0 amide bonds. The molecule has 0 bridgehead atoms. The summed E-state index contributed by atoms with van der Waals surface area (Å²) in [4.78, 5) is 2.40. The molecular weight excluding hydrogens is 615 g/mol. The van der Waals surface area contributed by atoms with Crippen LogP contribution in [0.15, 0.2) is 212 Å². The van der Waals surface area contributed by atoms with Gasteiger partial charge in [0.1, 0.15) is 0 Å².